The summed E-state index contributed by atoms with van der Waals surface area (Å²) >= 11 is 0. The molecule has 0 amide bonds. The predicted octanol–water partition coefficient (Wildman–Crippen LogP) is 2.83. The molecule has 0 saturated heterocycles. The Balaban J connectivity index is 2.34. The number of aromatic nitrogens is 2. The van der Waals surface area contributed by atoms with E-state index in [-0.39, 0.29) is 5.54 Å². The van der Waals surface area contributed by atoms with Gasteiger partial charge in [0.15, 0.2) is 0 Å². The number of hydrogen-bond acceptors (Lipinski definition) is 2. The van der Waals surface area contributed by atoms with E-state index in [0.717, 1.165) is 5.52 Å². The first kappa shape index (κ1) is 9.70. The fourth-order valence-electron chi connectivity index (χ4n) is 2.77. The first-order valence-electron chi connectivity index (χ1n) is 5.86. The summed E-state index contributed by atoms with van der Waals surface area (Å²) in [5.74, 6) is 0.659. The second-order valence-electron chi connectivity index (χ2n) is 5.10. The Bertz CT molecular complexity index is 550. The Morgan fingerprint density at radius 3 is 2.75 bits per heavy atom. The monoisotopic (exact) mass is 215 g/mol. The van der Waals surface area contributed by atoms with Crippen LogP contribution in [-0.2, 0) is 5.54 Å². The molecule has 1 aromatic heterocycles. The molecule has 3 rings (SSSR count). The third-order valence-electron chi connectivity index (χ3n) is 3.87. The van der Waals surface area contributed by atoms with E-state index in [2.05, 4.69) is 29.5 Å². The summed E-state index contributed by atoms with van der Waals surface area (Å²) in [6, 6.07) is 6.21. The van der Waals surface area contributed by atoms with Crippen LogP contribution in [0.3, 0.4) is 0 Å². The average Bonchev–Trinajstić information content (AvgIpc) is 2.53. The molecule has 0 bridgehead atoms. The van der Waals surface area contributed by atoms with Crippen LogP contribution >= 0.6 is 0 Å². The molecule has 1 aliphatic carbocycles. The Morgan fingerprint density at radius 2 is 2.12 bits per heavy atom. The number of fused-ring (bicyclic) bond motifs is 1. The molecule has 1 aliphatic rings. The van der Waals surface area contributed by atoms with Gasteiger partial charge in [0.2, 0.25) is 5.95 Å². The van der Waals surface area contributed by atoms with Crippen LogP contribution in [0, 0.1) is 6.92 Å². The van der Waals surface area contributed by atoms with E-state index in [1.807, 2.05) is 12.1 Å². The van der Waals surface area contributed by atoms with Crippen molar-refractivity contribution in [3.63, 3.8) is 0 Å². The van der Waals surface area contributed by atoms with Crippen molar-refractivity contribution in [3.8, 4) is 0 Å². The lowest BCUT2D eigenvalue weighted by molar-refractivity contribution is 0.177. The van der Waals surface area contributed by atoms with Gasteiger partial charge in [0.1, 0.15) is 0 Å². The van der Waals surface area contributed by atoms with Gasteiger partial charge in [-0.15, -0.1) is 0 Å². The molecule has 2 aromatic rings. The Labute approximate surface area is 95.3 Å². The van der Waals surface area contributed by atoms with Crippen molar-refractivity contribution in [2.45, 2.75) is 38.6 Å². The summed E-state index contributed by atoms with van der Waals surface area (Å²) in [6.07, 6.45) is 3.70. The van der Waals surface area contributed by atoms with Gasteiger partial charge in [-0.25, -0.2) is 4.98 Å². The maximum Gasteiger partial charge on any atom is 0.201 e. The minimum atomic E-state index is 0.185. The molecular weight excluding hydrogens is 198 g/mol. The fourth-order valence-corrected chi connectivity index (χ4v) is 2.77. The van der Waals surface area contributed by atoms with E-state index in [0.29, 0.717) is 5.95 Å². The molecule has 84 valence electrons. The third kappa shape index (κ3) is 1.11. The van der Waals surface area contributed by atoms with Gasteiger partial charge < -0.3 is 10.3 Å². The maximum absolute atomic E-state index is 6.07. The number of para-hydroxylation sites is 1. The Morgan fingerprint density at radius 1 is 1.38 bits per heavy atom. The van der Waals surface area contributed by atoms with Gasteiger partial charge in [0, 0.05) is 5.54 Å². The highest BCUT2D eigenvalue weighted by molar-refractivity contribution is 5.82. The summed E-state index contributed by atoms with van der Waals surface area (Å²) in [4.78, 5) is 4.46. The molecular formula is C13H17N3. The number of imidazole rings is 1. The van der Waals surface area contributed by atoms with Crippen LogP contribution in [0.25, 0.3) is 11.0 Å². The lowest BCUT2D eigenvalue weighted by Crippen LogP contribution is -2.38. The first-order valence-corrected chi connectivity index (χ1v) is 5.86. The van der Waals surface area contributed by atoms with Crippen molar-refractivity contribution >= 4 is 17.0 Å². The highest BCUT2D eigenvalue weighted by atomic mass is 15.2. The number of anilines is 1. The zero-order chi connectivity index (χ0) is 11.3. The van der Waals surface area contributed by atoms with E-state index < -0.39 is 0 Å². The van der Waals surface area contributed by atoms with Crippen LogP contribution in [-0.4, -0.2) is 9.55 Å². The van der Waals surface area contributed by atoms with Gasteiger partial charge in [-0.3, -0.25) is 0 Å². The number of nitrogen functional groups attached to an aromatic ring is 1. The molecule has 3 nitrogen and oxygen atoms in total. The number of nitrogens with two attached hydrogens (primary N) is 1. The topological polar surface area (TPSA) is 43.8 Å². The third-order valence-corrected chi connectivity index (χ3v) is 3.87. The molecule has 1 fully saturated rings. The van der Waals surface area contributed by atoms with Gasteiger partial charge >= 0.3 is 0 Å². The Hall–Kier alpha value is -1.51. The molecule has 0 radical (unpaired) electrons. The molecule has 1 aromatic carbocycles. The minimum Gasteiger partial charge on any atom is -0.369 e. The SMILES string of the molecule is Cc1cccc2nc(N)n(C3(C)CCC3)c12. The molecule has 2 N–H and O–H groups in total. The van der Waals surface area contributed by atoms with Crippen LogP contribution in [0.4, 0.5) is 5.95 Å². The number of rotatable bonds is 1. The van der Waals surface area contributed by atoms with Gasteiger partial charge in [-0.1, -0.05) is 12.1 Å². The zero-order valence-electron chi connectivity index (χ0n) is 9.83. The summed E-state index contributed by atoms with van der Waals surface area (Å²) in [5.41, 5.74) is 9.74. The van der Waals surface area contributed by atoms with Crippen molar-refractivity contribution in [2.75, 3.05) is 5.73 Å². The first-order chi connectivity index (χ1) is 7.62. The molecule has 16 heavy (non-hydrogen) atoms. The fraction of sp³-hybridized carbons (Fsp3) is 0.462. The van der Waals surface area contributed by atoms with Gasteiger partial charge in [0.05, 0.1) is 11.0 Å². The second kappa shape index (κ2) is 3.00. The molecule has 3 heteroatoms. The van der Waals surface area contributed by atoms with Crippen LogP contribution in [0.1, 0.15) is 31.7 Å². The van der Waals surface area contributed by atoms with Gasteiger partial charge in [-0.2, -0.15) is 0 Å². The molecule has 0 aliphatic heterocycles. The smallest absolute Gasteiger partial charge is 0.201 e. The number of aryl methyl sites for hydroxylation is 1. The van der Waals surface area contributed by atoms with Gasteiger partial charge in [0.25, 0.3) is 0 Å². The normalized spacial score (nSPS) is 18.6. The zero-order valence-corrected chi connectivity index (χ0v) is 9.83. The van der Waals surface area contributed by atoms with E-state index in [1.165, 1.54) is 30.3 Å². The van der Waals surface area contributed by atoms with Crippen molar-refractivity contribution in [3.05, 3.63) is 23.8 Å². The summed E-state index contributed by atoms with van der Waals surface area (Å²) in [7, 11) is 0. The summed E-state index contributed by atoms with van der Waals surface area (Å²) in [5, 5.41) is 0. The van der Waals surface area contributed by atoms with Crippen LogP contribution in [0.5, 0.6) is 0 Å². The summed E-state index contributed by atoms with van der Waals surface area (Å²) < 4.78 is 2.24. The second-order valence-corrected chi connectivity index (χ2v) is 5.10. The molecule has 1 heterocycles. The highest BCUT2D eigenvalue weighted by Crippen LogP contribution is 2.42. The van der Waals surface area contributed by atoms with Crippen molar-refractivity contribution in [1.29, 1.82) is 0 Å². The Kier molecular flexibility index (Phi) is 1.82. The molecule has 0 spiro atoms. The van der Waals surface area contributed by atoms with Gasteiger partial charge in [-0.05, 0) is 44.7 Å². The van der Waals surface area contributed by atoms with Crippen molar-refractivity contribution in [1.82, 2.24) is 9.55 Å². The summed E-state index contributed by atoms with van der Waals surface area (Å²) in [6.45, 7) is 4.41. The van der Waals surface area contributed by atoms with Crippen LogP contribution in [0.2, 0.25) is 0 Å². The predicted molar refractivity (Wildman–Crippen MR) is 66.4 cm³/mol. The average molecular weight is 215 g/mol. The van der Waals surface area contributed by atoms with Crippen LogP contribution in [0.15, 0.2) is 18.2 Å². The maximum atomic E-state index is 6.07. The number of hydrogen-bond donors (Lipinski definition) is 1. The number of nitrogens with zero attached hydrogens (tertiary/aromatic N) is 2. The largest absolute Gasteiger partial charge is 0.369 e. The van der Waals surface area contributed by atoms with E-state index in [1.54, 1.807) is 0 Å². The molecule has 1 saturated carbocycles. The standard InChI is InChI=1S/C13H17N3/c1-9-5-3-6-10-11(9)16(12(14)15-10)13(2)7-4-8-13/h3,5-6H,4,7-8H2,1-2H3,(H2,14,15). The molecule has 0 unspecified atom stereocenters. The quantitative estimate of drug-likeness (QED) is 0.795. The lowest BCUT2D eigenvalue weighted by Gasteiger charge is -2.41. The molecule has 0 atom stereocenters. The van der Waals surface area contributed by atoms with E-state index in [4.69, 9.17) is 5.73 Å². The van der Waals surface area contributed by atoms with Crippen molar-refractivity contribution < 1.29 is 0 Å². The van der Waals surface area contributed by atoms with E-state index >= 15 is 0 Å². The highest BCUT2D eigenvalue weighted by Gasteiger charge is 2.36. The van der Waals surface area contributed by atoms with Crippen molar-refractivity contribution in [2.24, 2.45) is 0 Å². The lowest BCUT2D eigenvalue weighted by atomic mass is 9.78. The van der Waals surface area contributed by atoms with Crippen LogP contribution < -0.4 is 5.73 Å². The number of benzene rings is 1. The van der Waals surface area contributed by atoms with E-state index in [9.17, 15) is 0 Å². The minimum absolute atomic E-state index is 0.185.